The molecule has 154 valence electrons. The van der Waals surface area contributed by atoms with Gasteiger partial charge < -0.3 is 15.5 Å². The molecule has 2 heterocycles. The Kier molecular flexibility index (Phi) is 5.03. The standard InChI is InChI=1S/C19H25N7O2S/c1-4-26(5-2)14-10-8-13(9-11-14)21-19-22-16(20-12-6-7-12)15-17(23-19)24-25-18(15)29(3,27)28/h8-12H,4-7H2,1-3H3,(H3,20,21,22,23,24,25). The van der Waals surface area contributed by atoms with E-state index < -0.39 is 9.84 Å². The molecule has 0 unspecified atom stereocenters. The first-order chi connectivity index (χ1) is 13.9. The lowest BCUT2D eigenvalue weighted by molar-refractivity contribution is 0.598. The molecule has 4 rings (SSSR count). The molecule has 2 aromatic heterocycles. The van der Waals surface area contributed by atoms with Gasteiger partial charge in [0, 0.05) is 36.8 Å². The number of sulfone groups is 1. The second-order valence-electron chi connectivity index (χ2n) is 7.18. The van der Waals surface area contributed by atoms with Gasteiger partial charge in [-0.25, -0.2) is 8.42 Å². The highest BCUT2D eigenvalue weighted by Crippen LogP contribution is 2.32. The predicted octanol–water partition coefficient (Wildman–Crippen LogP) is 2.92. The van der Waals surface area contributed by atoms with Gasteiger partial charge in [0.1, 0.15) is 11.2 Å². The third-order valence-electron chi connectivity index (χ3n) is 4.91. The van der Waals surface area contributed by atoms with Gasteiger partial charge in [0.05, 0.1) is 0 Å². The van der Waals surface area contributed by atoms with Crippen LogP contribution in [0.1, 0.15) is 26.7 Å². The summed E-state index contributed by atoms with van der Waals surface area (Å²) in [5, 5.41) is 13.6. The maximum Gasteiger partial charge on any atom is 0.231 e. The van der Waals surface area contributed by atoms with E-state index in [1.807, 2.05) is 12.1 Å². The summed E-state index contributed by atoms with van der Waals surface area (Å²) in [6.45, 7) is 6.15. The summed E-state index contributed by atoms with van der Waals surface area (Å²) in [7, 11) is -3.50. The van der Waals surface area contributed by atoms with Crippen LogP contribution >= 0.6 is 0 Å². The molecular weight excluding hydrogens is 390 g/mol. The van der Waals surface area contributed by atoms with Crippen molar-refractivity contribution in [2.45, 2.75) is 37.8 Å². The highest BCUT2D eigenvalue weighted by Gasteiger charge is 2.27. The normalized spacial score (nSPS) is 14.2. The molecule has 1 aliphatic rings. The summed E-state index contributed by atoms with van der Waals surface area (Å²) in [6.07, 6.45) is 3.20. The minimum Gasteiger partial charge on any atom is -0.372 e. The summed E-state index contributed by atoms with van der Waals surface area (Å²) in [5.74, 6) is 0.855. The molecule has 0 radical (unpaired) electrons. The third kappa shape index (κ3) is 4.12. The van der Waals surface area contributed by atoms with Crippen LogP contribution in [0.3, 0.4) is 0 Å². The van der Waals surface area contributed by atoms with Crippen LogP contribution in [-0.4, -0.2) is 54.0 Å². The van der Waals surface area contributed by atoms with Gasteiger partial charge in [-0.2, -0.15) is 15.1 Å². The average Bonchev–Trinajstić information content (AvgIpc) is 3.38. The van der Waals surface area contributed by atoms with Crippen LogP contribution in [0.5, 0.6) is 0 Å². The number of nitrogens with one attached hydrogen (secondary N) is 3. The second kappa shape index (κ2) is 7.51. The second-order valence-corrected chi connectivity index (χ2v) is 9.11. The summed E-state index contributed by atoms with van der Waals surface area (Å²) >= 11 is 0. The van der Waals surface area contributed by atoms with E-state index in [0.29, 0.717) is 28.8 Å². The fourth-order valence-electron chi connectivity index (χ4n) is 3.23. The summed E-state index contributed by atoms with van der Waals surface area (Å²) < 4.78 is 24.2. The fraction of sp³-hybridized carbons (Fsp3) is 0.421. The number of rotatable bonds is 8. The highest BCUT2D eigenvalue weighted by atomic mass is 32.2. The van der Waals surface area contributed by atoms with Crippen LogP contribution < -0.4 is 15.5 Å². The van der Waals surface area contributed by atoms with Crippen molar-refractivity contribution in [1.82, 2.24) is 20.2 Å². The van der Waals surface area contributed by atoms with Gasteiger partial charge >= 0.3 is 0 Å². The van der Waals surface area contributed by atoms with Crippen molar-refractivity contribution in [3.63, 3.8) is 0 Å². The zero-order valence-corrected chi connectivity index (χ0v) is 17.5. The Morgan fingerprint density at radius 2 is 1.83 bits per heavy atom. The lowest BCUT2D eigenvalue weighted by Gasteiger charge is -2.21. The van der Waals surface area contributed by atoms with Gasteiger partial charge in [-0.05, 0) is 51.0 Å². The lowest BCUT2D eigenvalue weighted by atomic mass is 10.2. The summed E-state index contributed by atoms with van der Waals surface area (Å²) in [6, 6.07) is 8.36. The number of H-pyrrole nitrogens is 1. The summed E-state index contributed by atoms with van der Waals surface area (Å²) in [5.41, 5.74) is 2.38. The maximum absolute atomic E-state index is 12.1. The van der Waals surface area contributed by atoms with Gasteiger partial charge in [-0.3, -0.25) is 5.10 Å². The number of hydrogen-bond donors (Lipinski definition) is 3. The van der Waals surface area contributed by atoms with Crippen molar-refractivity contribution in [3.05, 3.63) is 24.3 Å². The molecule has 0 aliphatic heterocycles. The first-order valence-electron chi connectivity index (χ1n) is 9.73. The molecule has 3 N–H and O–H groups in total. The molecule has 0 spiro atoms. The molecule has 10 heteroatoms. The number of benzene rings is 1. The number of aromatic nitrogens is 4. The third-order valence-corrected chi connectivity index (χ3v) is 5.91. The van der Waals surface area contributed by atoms with Crippen LogP contribution in [0.25, 0.3) is 11.0 Å². The van der Waals surface area contributed by atoms with E-state index in [-0.39, 0.29) is 5.03 Å². The molecule has 1 aliphatic carbocycles. The SMILES string of the molecule is CCN(CC)c1ccc(Nc2nc(NC3CC3)c3c(S(C)(=O)=O)n[nH]c3n2)cc1. The Morgan fingerprint density at radius 3 is 2.41 bits per heavy atom. The minimum absolute atomic E-state index is 0.0363. The number of anilines is 4. The van der Waals surface area contributed by atoms with Crippen LogP contribution in [0, 0.1) is 0 Å². The topological polar surface area (TPSA) is 116 Å². The predicted molar refractivity (Wildman–Crippen MR) is 115 cm³/mol. The Balaban J connectivity index is 1.67. The number of aromatic amines is 1. The first kappa shape index (κ1) is 19.4. The summed E-state index contributed by atoms with van der Waals surface area (Å²) in [4.78, 5) is 11.2. The van der Waals surface area contributed by atoms with Crippen molar-refractivity contribution in [2.24, 2.45) is 0 Å². The largest absolute Gasteiger partial charge is 0.372 e. The number of fused-ring (bicyclic) bond motifs is 1. The first-order valence-corrected chi connectivity index (χ1v) is 11.6. The van der Waals surface area contributed by atoms with Crippen LogP contribution in [0.4, 0.5) is 23.1 Å². The van der Waals surface area contributed by atoms with Crippen LogP contribution in [0.15, 0.2) is 29.3 Å². The van der Waals surface area contributed by atoms with E-state index in [1.54, 1.807) is 0 Å². The van der Waals surface area contributed by atoms with E-state index in [2.05, 4.69) is 61.7 Å². The van der Waals surface area contributed by atoms with E-state index >= 15 is 0 Å². The molecule has 0 bridgehead atoms. The lowest BCUT2D eigenvalue weighted by Crippen LogP contribution is -2.21. The zero-order chi connectivity index (χ0) is 20.6. The average molecular weight is 416 g/mol. The fourth-order valence-corrected chi connectivity index (χ4v) is 4.00. The minimum atomic E-state index is -3.50. The van der Waals surface area contributed by atoms with Crippen LogP contribution in [0.2, 0.25) is 0 Å². The van der Waals surface area contributed by atoms with Crippen molar-refractivity contribution in [2.75, 3.05) is 34.9 Å². The Morgan fingerprint density at radius 1 is 1.14 bits per heavy atom. The smallest absolute Gasteiger partial charge is 0.231 e. The molecule has 3 aromatic rings. The molecular formula is C19H25N7O2S. The van der Waals surface area contributed by atoms with Crippen molar-refractivity contribution >= 4 is 44.0 Å². The van der Waals surface area contributed by atoms with E-state index in [0.717, 1.165) is 43.6 Å². The van der Waals surface area contributed by atoms with E-state index in [4.69, 9.17) is 0 Å². The zero-order valence-electron chi connectivity index (χ0n) is 16.7. The molecule has 9 nitrogen and oxygen atoms in total. The number of hydrogen-bond acceptors (Lipinski definition) is 8. The van der Waals surface area contributed by atoms with Gasteiger partial charge in [0.15, 0.2) is 20.5 Å². The molecule has 29 heavy (non-hydrogen) atoms. The van der Waals surface area contributed by atoms with Crippen molar-refractivity contribution in [3.8, 4) is 0 Å². The molecule has 0 saturated heterocycles. The quantitative estimate of drug-likeness (QED) is 0.514. The van der Waals surface area contributed by atoms with Crippen molar-refractivity contribution in [1.29, 1.82) is 0 Å². The van der Waals surface area contributed by atoms with Gasteiger partial charge in [-0.1, -0.05) is 0 Å². The highest BCUT2D eigenvalue weighted by molar-refractivity contribution is 7.90. The van der Waals surface area contributed by atoms with E-state index in [1.165, 1.54) is 0 Å². The van der Waals surface area contributed by atoms with Crippen LogP contribution in [-0.2, 0) is 9.84 Å². The monoisotopic (exact) mass is 415 g/mol. The van der Waals surface area contributed by atoms with Gasteiger partial charge in [-0.15, -0.1) is 0 Å². The Bertz CT molecular complexity index is 1120. The maximum atomic E-state index is 12.1. The van der Waals surface area contributed by atoms with Crippen molar-refractivity contribution < 1.29 is 8.42 Å². The van der Waals surface area contributed by atoms with E-state index in [9.17, 15) is 8.42 Å². The van der Waals surface area contributed by atoms with Gasteiger partial charge in [0.25, 0.3) is 0 Å². The number of nitrogens with zero attached hydrogens (tertiary/aromatic N) is 4. The molecule has 1 aromatic carbocycles. The molecule has 0 amide bonds. The molecule has 1 fully saturated rings. The molecule has 0 atom stereocenters. The Hall–Kier alpha value is -2.88. The van der Waals surface area contributed by atoms with Gasteiger partial charge in [0.2, 0.25) is 5.95 Å². The Labute approximate surface area is 169 Å². The molecule has 1 saturated carbocycles.